The van der Waals surface area contributed by atoms with E-state index in [2.05, 4.69) is 10.5 Å². The minimum Gasteiger partial charge on any atom is -0.480 e. The van der Waals surface area contributed by atoms with E-state index in [1.165, 1.54) is 0 Å². The molecular formula is C13H15ClN4O7. The third kappa shape index (κ3) is 5.88. The van der Waals surface area contributed by atoms with Crippen LogP contribution < -0.4 is 5.43 Å². The number of esters is 1. The van der Waals surface area contributed by atoms with Crippen LogP contribution in [0.4, 0.5) is 17.1 Å². The van der Waals surface area contributed by atoms with Gasteiger partial charge in [-0.2, -0.15) is 0 Å². The molecule has 0 bridgehead atoms. The number of nitrogens with one attached hydrogen (secondary N) is 1. The van der Waals surface area contributed by atoms with Gasteiger partial charge in [0.25, 0.3) is 5.69 Å². The van der Waals surface area contributed by atoms with Crippen molar-refractivity contribution < 1.29 is 24.1 Å². The number of carbonyl (C=O) groups is 1. The number of hydrogen-bond acceptors (Lipinski definition) is 9. The second kappa shape index (κ2) is 9.37. The van der Waals surface area contributed by atoms with Crippen LogP contribution in [-0.4, -0.2) is 34.9 Å². The highest BCUT2D eigenvalue weighted by molar-refractivity contribution is 6.33. The molecule has 0 aliphatic rings. The summed E-state index contributed by atoms with van der Waals surface area (Å²) in [6, 6.07) is 1.71. The molecule has 0 aliphatic carbocycles. The molecule has 12 heteroatoms. The SMILES string of the molecule is CCOC(=O)C/C(=N/Nc1cc(Cl)c([N+](=O)[O-])cc1[N+](=O)[O-])OCC. The van der Waals surface area contributed by atoms with Gasteiger partial charge in [0, 0.05) is 0 Å². The zero-order chi connectivity index (χ0) is 19.0. The quantitative estimate of drug-likeness (QED) is 0.240. The number of carbonyl (C=O) groups excluding carboxylic acids is 1. The van der Waals surface area contributed by atoms with Crippen LogP contribution in [0.25, 0.3) is 0 Å². The van der Waals surface area contributed by atoms with Gasteiger partial charge in [0.15, 0.2) is 0 Å². The highest BCUT2D eigenvalue weighted by Gasteiger charge is 2.24. The average Bonchev–Trinajstić information content (AvgIpc) is 2.52. The van der Waals surface area contributed by atoms with Crippen LogP contribution in [0.2, 0.25) is 5.02 Å². The Morgan fingerprint density at radius 1 is 1.16 bits per heavy atom. The molecular weight excluding hydrogens is 360 g/mol. The van der Waals surface area contributed by atoms with E-state index in [0.717, 1.165) is 6.07 Å². The van der Waals surface area contributed by atoms with Gasteiger partial charge in [0.05, 0.1) is 29.1 Å². The number of halogens is 1. The zero-order valence-electron chi connectivity index (χ0n) is 13.4. The highest BCUT2D eigenvalue weighted by atomic mass is 35.5. The van der Waals surface area contributed by atoms with Gasteiger partial charge in [0.1, 0.15) is 17.1 Å². The van der Waals surface area contributed by atoms with Crippen molar-refractivity contribution in [1.82, 2.24) is 0 Å². The van der Waals surface area contributed by atoms with Gasteiger partial charge in [-0.1, -0.05) is 11.6 Å². The standard InChI is InChI=1S/C13H15ClN4O7/c1-3-24-12(7-13(19)25-4-2)16-15-9-5-8(14)10(17(20)21)6-11(9)18(22)23/h5-6,15H,3-4,7H2,1-2H3/b16-12-. The molecule has 25 heavy (non-hydrogen) atoms. The number of nitro benzene ring substituents is 2. The summed E-state index contributed by atoms with van der Waals surface area (Å²) in [6.45, 7) is 3.67. The maximum absolute atomic E-state index is 11.5. The van der Waals surface area contributed by atoms with Crippen LogP contribution in [0.3, 0.4) is 0 Å². The Hall–Kier alpha value is -2.95. The van der Waals surface area contributed by atoms with Gasteiger partial charge in [-0.3, -0.25) is 30.4 Å². The molecule has 136 valence electrons. The van der Waals surface area contributed by atoms with E-state index in [1.807, 2.05) is 0 Å². The number of nitro groups is 2. The first-order chi connectivity index (χ1) is 11.8. The van der Waals surface area contributed by atoms with Gasteiger partial charge in [-0.05, 0) is 19.9 Å². The molecule has 1 rings (SSSR count). The number of rotatable bonds is 8. The normalized spacial score (nSPS) is 10.9. The summed E-state index contributed by atoms with van der Waals surface area (Å²) in [7, 11) is 0. The van der Waals surface area contributed by atoms with Crippen molar-refractivity contribution in [2.24, 2.45) is 5.10 Å². The number of anilines is 1. The molecule has 0 saturated carbocycles. The molecule has 0 heterocycles. The summed E-state index contributed by atoms with van der Waals surface area (Å²) in [5.41, 5.74) is 0.931. The van der Waals surface area contributed by atoms with E-state index in [9.17, 15) is 25.0 Å². The third-order valence-corrected chi connectivity index (χ3v) is 2.97. The molecule has 0 spiro atoms. The molecule has 0 unspecified atom stereocenters. The van der Waals surface area contributed by atoms with Gasteiger partial charge in [-0.25, -0.2) is 0 Å². The molecule has 1 aromatic carbocycles. The Labute approximate surface area is 146 Å². The van der Waals surface area contributed by atoms with Gasteiger partial charge >= 0.3 is 11.7 Å². The lowest BCUT2D eigenvalue weighted by Gasteiger charge is -2.08. The van der Waals surface area contributed by atoms with Crippen molar-refractivity contribution in [3.05, 3.63) is 37.4 Å². The third-order valence-electron chi connectivity index (χ3n) is 2.67. The van der Waals surface area contributed by atoms with Crippen LogP contribution in [0.5, 0.6) is 0 Å². The molecule has 0 atom stereocenters. The zero-order valence-corrected chi connectivity index (χ0v) is 14.1. The molecule has 0 amide bonds. The predicted octanol–water partition coefficient (Wildman–Crippen LogP) is 2.87. The fourth-order valence-corrected chi connectivity index (χ4v) is 1.91. The second-order valence-electron chi connectivity index (χ2n) is 4.37. The number of hydrogen-bond donors (Lipinski definition) is 1. The molecule has 0 aromatic heterocycles. The molecule has 11 nitrogen and oxygen atoms in total. The summed E-state index contributed by atoms with van der Waals surface area (Å²) in [5.74, 6) is -0.655. The molecule has 0 radical (unpaired) electrons. The van der Waals surface area contributed by atoms with Crippen molar-refractivity contribution in [2.75, 3.05) is 18.6 Å². The summed E-state index contributed by atoms with van der Waals surface area (Å²) >= 11 is 5.74. The van der Waals surface area contributed by atoms with Gasteiger partial charge in [-0.15, -0.1) is 5.10 Å². The van der Waals surface area contributed by atoms with Crippen LogP contribution in [0, 0.1) is 20.2 Å². The number of hydrazone groups is 1. The van der Waals surface area contributed by atoms with Crippen molar-refractivity contribution in [3.8, 4) is 0 Å². The first-order valence-electron chi connectivity index (χ1n) is 7.03. The van der Waals surface area contributed by atoms with Crippen molar-refractivity contribution in [2.45, 2.75) is 20.3 Å². The minimum atomic E-state index is -0.839. The molecule has 1 aromatic rings. The van der Waals surface area contributed by atoms with Crippen molar-refractivity contribution in [1.29, 1.82) is 0 Å². The minimum absolute atomic E-state index is 0.0651. The van der Waals surface area contributed by atoms with Crippen LogP contribution in [-0.2, 0) is 14.3 Å². The first kappa shape index (κ1) is 20.1. The first-order valence-corrected chi connectivity index (χ1v) is 7.41. The molecule has 0 aliphatic heterocycles. The molecule has 0 saturated heterocycles. The Bertz CT molecular complexity index is 708. The van der Waals surface area contributed by atoms with Gasteiger partial charge in [0.2, 0.25) is 5.90 Å². The smallest absolute Gasteiger partial charge is 0.315 e. The largest absolute Gasteiger partial charge is 0.480 e. The fourth-order valence-electron chi connectivity index (χ4n) is 1.68. The van der Waals surface area contributed by atoms with Crippen molar-refractivity contribution in [3.63, 3.8) is 0 Å². The highest BCUT2D eigenvalue weighted by Crippen LogP contribution is 2.35. The van der Waals surface area contributed by atoms with Crippen LogP contribution in [0.15, 0.2) is 17.2 Å². The average molecular weight is 375 g/mol. The summed E-state index contributed by atoms with van der Waals surface area (Å²) in [4.78, 5) is 31.7. The topological polar surface area (TPSA) is 146 Å². The number of ether oxygens (including phenoxy) is 2. The molecule has 0 fully saturated rings. The lowest BCUT2D eigenvalue weighted by Crippen LogP contribution is -2.15. The number of benzene rings is 1. The van der Waals surface area contributed by atoms with E-state index < -0.39 is 27.2 Å². The lowest BCUT2D eigenvalue weighted by atomic mass is 10.2. The van der Waals surface area contributed by atoms with Gasteiger partial charge < -0.3 is 9.47 Å². The Balaban J connectivity index is 3.13. The lowest BCUT2D eigenvalue weighted by molar-refractivity contribution is -0.393. The monoisotopic (exact) mass is 374 g/mol. The van der Waals surface area contributed by atoms with Crippen LogP contribution in [0.1, 0.15) is 20.3 Å². The maximum Gasteiger partial charge on any atom is 0.315 e. The second-order valence-corrected chi connectivity index (χ2v) is 4.77. The van der Waals surface area contributed by atoms with Crippen molar-refractivity contribution >= 4 is 40.5 Å². The molecule has 1 N–H and O–H groups in total. The predicted molar refractivity (Wildman–Crippen MR) is 88.7 cm³/mol. The Morgan fingerprint density at radius 3 is 2.28 bits per heavy atom. The maximum atomic E-state index is 11.5. The number of nitrogens with zero attached hydrogens (tertiary/aromatic N) is 3. The fraction of sp³-hybridized carbons (Fsp3) is 0.385. The van der Waals surface area contributed by atoms with E-state index >= 15 is 0 Å². The summed E-state index contributed by atoms with van der Waals surface area (Å²) in [6.07, 6.45) is -0.289. The summed E-state index contributed by atoms with van der Waals surface area (Å²) < 4.78 is 9.91. The Kier molecular flexibility index (Phi) is 7.53. The van der Waals surface area contributed by atoms with E-state index in [1.54, 1.807) is 13.8 Å². The van der Waals surface area contributed by atoms with Crippen LogP contribution >= 0.6 is 11.6 Å². The van der Waals surface area contributed by atoms with E-state index in [4.69, 9.17) is 21.1 Å². The van der Waals surface area contributed by atoms with E-state index in [0.29, 0.717) is 6.07 Å². The van der Waals surface area contributed by atoms with E-state index in [-0.39, 0.29) is 36.2 Å². The Morgan fingerprint density at radius 2 is 1.76 bits per heavy atom. The summed E-state index contributed by atoms with van der Waals surface area (Å²) in [5, 5.41) is 25.4.